The lowest BCUT2D eigenvalue weighted by molar-refractivity contribution is 0.172. The maximum Gasteiger partial charge on any atom is 0.242 e. The van der Waals surface area contributed by atoms with Gasteiger partial charge in [0, 0.05) is 19.1 Å². The first kappa shape index (κ1) is 11.3. The van der Waals surface area contributed by atoms with Crippen LogP contribution in [0.2, 0.25) is 0 Å². The molecule has 1 heterocycles. The molecule has 1 fully saturated rings. The van der Waals surface area contributed by atoms with Gasteiger partial charge in [-0.1, -0.05) is 17.9 Å². The van der Waals surface area contributed by atoms with Crippen LogP contribution >= 0.6 is 0 Å². The van der Waals surface area contributed by atoms with Crippen LogP contribution in [0.15, 0.2) is 0 Å². The van der Waals surface area contributed by atoms with Crippen LogP contribution in [-0.4, -0.2) is 51.3 Å². The zero-order chi connectivity index (χ0) is 11.6. The Labute approximate surface area is 96.0 Å². The van der Waals surface area contributed by atoms with Gasteiger partial charge in [0.2, 0.25) is 5.95 Å². The van der Waals surface area contributed by atoms with Gasteiger partial charge < -0.3 is 10.2 Å². The molecule has 2 rings (SSSR count). The van der Waals surface area contributed by atoms with E-state index < -0.39 is 0 Å². The molecule has 1 N–H and O–H groups in total. The van der Waals surface area contributed by atoms with Crippen molar-refractivity contribution in [3.05, 3.63) is 0 Å². The van der Waals surface area contributed by atoms with E-state index in [9.17, 15) is 0 Å². The molecule has 16 heavy (non-hydrogen) atoms. The average molecular weight is 224 g/mol. The molecule has 1 aliphatic rings. The second-order valence-corrected chi connectivity index (χ2v) is 4.81. The van der Waals surface area contributed by atoms with E-state index in [4.69, 9.17) is 0 Å². The highest BCUT2D eigenvalue weighted by atomic mass is 15.6. The van der Waals surface area contributed by atoms with Gasteiger partial charge in [0.1, 0.15) is 0 Å². The van der Waals surface area contributed by atoms with E-state index in [1.54, 1.807) is 4.68 Å². The minimum Gasteiger partial charge on any atom is -0.351 e. The van der Waals surface area contributed by atoms with Crippen LogP contribution < -0.4 is 5.32 Å². The summed E-state index contributed by atoms with van der Waals surface area (Å²) < 4.78 is 1.66. The molecule has 0 atom stereocenters. The van der Waals surface area contributed by atoms with Crippen LogP contribution in [0, 0.1) is 0 Å². The summed E-state index contributed by atoms with van der Waals surface area (Å²) in [5.74, 6) is 0.744. The molecule has 0 spiro atoms. The maximum absolute atomic E-state index is 3.94. The van der Waals surface area contributed by atoms with Crippen LogP contribution in [-0.2, 0) is 7.05 Å². The molecular formula is C10H20N6. The lowest BCUT2D eigenvalue weighted by atomic mass is 9.96. The van der Waals surface area contributed by atoms with E-state index >= 15 is 0 Å². The topological polar surface area (TPSA) is 58.9 Å². The minimum absolute atomic E-state index is 0.270. The van der Waals surface area contributed by atoms with Crippen LogP contribution in [0.1, 0.15) is 25.7 Å². The van der Waals surface area contributed by atoms with Gasteiger partial charge in [0.15, 0.2) is 0 Å². The van der Waals surface area contributed by atoms with Crippen molar-refractivity contribution in [1.82, 2.24) is 25.1 Å². The van der Waals surface area contributed by atoms with Crippen molar-refractivity contribution in [3.63, 3.8) is 0 Å². The fourth-order valence-corrected chi connectivity index (χ4v) is 2.44. The first-order chi connectivity index (χ1) is 7.64. The molecular weight excluding hydrogens is 204 g/mol. The number of aromatic nitrogens is 4. The van der Waals surface area contributed by atoms with E-state index in [1.807, 2.05) is 7.05 Å². The van der Waals surface area contributed by atoms with E-state index in [0.717, 1.165) is 12.5 Å². The number of likely N-dealkylation sites (N-methyl/N-ethyl adjacent to an activating group) is 1. The summed E-state index contributed by atoms with van der Waals surface area (Å²) in [5.41, 5.74) is 0.270. The number of aryl methyl sites for hydroxylation is 1. The molecule has 0 saturated heterocycles. The Morgan fingerprint density at radius 2 is 2.06 bits per heavy atom. The first-order valence-electron chi connectivity index (χ1n) is 5.78. The van der Waals surface area contributed by atoms with Gasteiger partial charge in [-0.25, -0.2) is 4.68 Å². The predicted octanol–water partition coefficient (Wildman–Crippen LogP) is 0.496. The summed E-state index contributed by atoms with van der Waals surface area (Å²) in [4.78, 5) is 2.33. The highest BCUT2D eigenvalue weighted by Gasteiger charge is 2.35. The molecule has 0 unspecified atom stereocenters. The van der Waals surface area contributed by atoms with Crippen molar-refractivity contribution >= 4 is 5.95 Å². The standard InChI is InChI=1S/C10H20N6/c1-15(2)10(6-4-5-7-10)8-11-9-12-13-14-16(9)3/h4-8H2,1-3H3,(H,11,12,14). The van der Waals surface area contributed by atoms with Crippen molar-refractivity contribution in [3.8, 4) is 0 Å². The third-order valence-corrected chi connectivity index (χ3v) is 3.68. The molecule has 0 amide bonds. The number of anilines is 1. The second kappa shape index (κ2) is 4.37. The number of rotatable bonds is 4. The summed E-state index contributed by atoms with van der Waals surface area (Å²) in [6.07, 6.45) is 5.13. The monoisotopic (exact) mass is 224 g/mol. The normalized spacial score (nSPS) is 19.2. The molecule has 1 aliphatic carbocycles. The van der Waals surface area contributed by atoms with Crippen molar-refractivity contribution in [2.75, 3.05) is 26.0 Å². The molecule has 90 valence electrons. The van der Waals surface area contributed by atoms with E-state index in [-0.39, 0.29) is 5.54 Å². The van der Waals surface area contributed by atoms with Crippen LogP contribution in [0.3, 0.4) is 0 Å². The van der Waals surface area contributed by atoms with Gasteiger partial charge in [-0.05, 0) is 37.4 Å². The summed E-state index contributed by atoms with van der Waals surface area (Å²) in [6.45, 7) is 0.911. The van der Waals surface area contributed by atoms with E-state index in [0.29, 0.717) is 0 Å². The van der Waals surface area contributed by atoms with Gasteiger partial charge in [0.05, 0.1) is 0 Å². The smallest absolute Gasteiger partial charge is 0.242 e. The van der Waals surface area contributed by atoms with Crippen molar-refractivity contribution in [2.45, 2.75) is 31.2 Å². The lowest BCUT2D eigenvalue weighted by Crippen LogP contribution is -2.47. The number of nitrogens with zero attached hydrogens (tertiary/aromatic N) is 5. The molecule has 0 aliphatic heterocycles. The molecule has 0 radical (unpaired) electrons. The van der Waals surface area contributed by atoms with Gasteiger partial charge in [0.25, 0.3) is 0 Å². The van der Waals surface area contributed by atoms with Crippen LogP contribution in [0.5, 0.6) is 0 Å². The number of hydrogen-bond donors (Lipinski definition) is 1. The molecule has 1 aromatic heterocycles. The predicted molar refractivity (Wildman–Crippen MR) is 62.2 cm³/mol. The maximum atomic E-state index is 3.94. The third kappa shape index (κ3) is 2.02. The zero-order valence-electron chi connectivity index (χ0n) is 10.3. The second-order valence-electron chi connectivity index (χ2n) is 4.81. The van der Waals surface area contributed by atoms with Crippen molar-refractivity contribution < 1.29 is 0 Å². The minimum atomic E-state index is 0.270. The van der Waals surface area contributed by atoms with Crippen LogP contribution in [0.4, 0.5) is 5.95 Å². The largest absolute Gasteiger partial charge is 0.351 e. The summed E-state index contributed by atoms with van der Waals surface area (Å²) in [6, 6.07) is 0. The number of nitrogens with one attached hydrogen (secondary N) is 1. The van der Waals surface area contributed by atoms with Gasteiger partial charge in [-0.15, -0.1) is 0 Å². The highest BCUT2D eigenvalue weighted by Crippen LogP contribution is 2.33. The molecule has 6 nitrogen and oxygen atoms in total. The Kier molecular flexibility index (Phi) is 3.09. The van der Waals surface area contributed by atoms with Gasteiger partial charge in [-0.3, -0.25) is 0 Å². The Bertz CT molecular complexity index is 339. The van der Waals surface area contributed by atoms with Gasteiger partial charge >= 0.3 is 0 Å². The Morgan fingerprint density at radius 3 is 2.56 bits per heavy atom. The first-order valence-corrected chi connectivity index (χ1v) is 5.78. The highest BCUT2D eigenvalue weighted by molar-refractivity contribution is 5.23. The summed E-state index contributed by atoms with van der Waals surface area (Å²) >= 11 is 0. The Hall–Kier alpha value is -1.17. The van der Waals surface area contributed by atoms with Gasteiger partial charge in [-0.2, -0.15) is 0 Å². The average Bonchev–Trinajstić information content (AvgIpc) is 2.84. The Balaban J connectivity index is 2.00. The molecule has 6 heteroatoms. The van der Waals surface area contributed by atoms with Crippen molar-refractivity contribution in [2.24, 2.45) is 7.05 Å². The summed E-state index contributed by atoms with van der Waals surface area (Å²) in [7, 11) is 6.16. The molecule has 1 aromatic rings. The molecule has 0 aromatic carbocycles. The summed E-state index contributed by atoms with van der Waals surface area (Å²) in [5, 5.41) is 14.7. The fourth-order valence-electron chi connectivity index (χ4n) is 2.44. The number of hydrogen-bond acceptors (Lipinski definition) is 5. The van der Waals surface area contributed by atoms with Crippen LogP contribution in [0.25, 0.3) is 0 Å². The SMILES string of the molecule is CN(C)C1(CNc2nnnn2C)CCCC1. The van der Waals surface area contributed by atoms with E-state index in [1.165, 1.54) is 25.7 Å². The quantitative estimate of drug-likeness (QED) is 0.807. The Morgan fingerprint density at radius 1 is 1.38 bits per heavy atom. The fraction of sp³-hybridized carbons (Fsp3) is 0.900. The van der Waals surface area contributed by atoms with Crippen molar-refractivity contribution in [1.29, 1.82) is 0 Å². The molecule has 0 bridgehead atoms. The lowest BCUT2D eigenvalue weighted by Gasteiger charge is -2.36. The van der Waals surface area contributed by atoms with E-state index in [2.05, 4.69) is 39.8 Å². The third-order valence-electron chi connectivity index (χ3n) is 3.68. The zero-order valence-corrected chi connectivity index (χ0v) is 10.3. The molecule has 1 saturated carbocycles. The number of tetrazole rings is 1.